The molecule has 112 valence electrons. The Morgan fingerprint density at radius 1 is 1.38 bits per heavy atom. The van der Waals surface area contributed by atoms with Gasteiger partial charge in [0.2, 0.25) is 0 Å². The highest BCUT2D eigenvalue weighted by atomic mass is 79.9. The number of benzene rings is 1. The van der Waals surface area contributed by atoms with Gasteiger partial charge in [0.25, 0.3) is 0 Å². The molecule has 0 fully saturated rings. The van der Waals surface area contributed by atoms with Crippen LogP contribution in [0.25, 0.3) is 10.6 Å². The van der Waals surface area contributed by atoms with Gasteiger partial charge in [-0.3, -0.25) is 0 Å². The largest absolute Gasteiger partial charge is 0.312 e. The van der Waals surface area contributed by atoms with Gasteiger partial charge < -0.3 is 5.32 Å². The molecule has 2 aromatic rings. The van der Waals surface area contributed by atoms with Crippen LogP contribution in [0.3, 0.4) is 0 Å². The first kappa shape index (κ1) is 15.2. The minimum absolute atomic E-state index is 0.319. The van der Waals surface area contributed by atoms with E-state index in [2.05, 4.69) is 67.3 Å². The monoisotopic (exact) mass is 364 g/mol. The summed E-state index contributed by atoms with van der Waals surface area (Å²) in [6, 6.07) is 6.94. The molecule has 21 heavy (non-hydrogen) atoms. The number of rotatable bonds is 2. The molecule has 1 N–H and O–H groups in total. The van der Waals surface area contributed by atoms with E-state index < -0.39 is 0 Å². The molecule has 0 radical (unpaired) electrons. The third-order valence-electron chi connectivity index (χ3n) is 4.21. The maximum absolute atomic E-state index is 4.94. The van der Waals surface area contributed by atoms with Gasteiger partial charge >= 0.3 is 0 Å². The van der Waals surface area contributed by atoms with Gasteiger partial charge in [0.1, 0.15) is 5.01 Å². The van der Waals surface area contributed by atoms with Crippen LogP contribution in [0.1, 0.15) is 42.4 Å². The van der Waals surface area contributed by atoms with Crippen molar-refractivity contribution in [2.24, 2.45) is 5.41 Å². The van der Waals surface area contributed by atoms with Crippen LogP contribution in [-0.2, 0) is 6.42 Å². The quantitative estimate of drug-likeness (QED) is 0.800. The Labute approximate surface area is 139 Å². The van der Waals surface area contributed by atoms with Crippen molar-refractivity contribution in [3.05, 3.63) is 38.8 Å². The molecule has 2 nitrogen and oxygen atoms in total. The Morgan fingerprint density at radius 3 is 2.81 bits per heavy atom. The fourth-order valence-corrected chi connectivity index (χ4v) is 4.58. The fraction of sp³-hybridized carbons (Fsp3) is 0.471. The van der Waals surface area contributed by atoms with E-state index in [1.54, 1.807) is 0 Å². The molecular formula is C17H21BrN2S. The summed E-state index contributed by atoms with van der Waals surface area (Å²) >= 11 is 5.47. The molecule has 0 saturated carbocycles. The number of aryl methyl sites for hydroxylation is 1. The summed E-state index contributed by atoms with van der Waals surface area (Å²) in [6.45, 7) is 6.78. The molecular weight excluding hydrogens is 344 g/mol. The minimum atomic E-state index is 0.319. The van der Waals surface area contributed by atoms with Crippen molar-refractivity contribution in [1.82, 2.24) is 10.3 Å². The van der Waals surface area contributed by atoms with Gasteiger partial charge in [-0.05, 0) is 43.9 Å². The molecule has 1 aromatic heterocycles. The van der Waals surface area contributed by atoms with Gasteiger partial charge in [-0.2, -0.15) is 0 Å². The Bertz CT molecular complexity index is 675. The average Bonchev–Trinajstić information content (AvgIpc) is 2.83. The van der Waals surface area contributed by atoms with E-state index in [0.29, 0.717) is 11.5 Å². The Kier molecular flexibility index (Phi) is 3.97. The molecule has 4 heteroatoms. The van der Waals surface area contributed by atoms with Crippen molar-refractivity contribution < 1.29 is 0 Å². The minimum Gasteiger partial charge on any atom is -0.312 e. The standard InChI is InChI=1S/C17H21BrN2S/c1-10-5-6-11(7-12(10)18)16-20-14-9-17(2,3)8-13(19-4)15(14)21-16/h5-7,13,19H,8-9H2,1-4H3. The third-order valence-corrected chi connectivity index (χ3v) is 6.33. The predicted octanol–water partition coefficient (Wildman–Crippen LogP) is 5.11. The fourth-order valence-electron chi connectivity index (χ4n) is 3.02. The van der Waals surface area contributed by atoms with Gasteiger partial charge in [-0.1, -0.05) is 41.9 Å². The average molecular weight is 365 g/mol. The summed E-state index contributed by atoms with van der Waals surface area (Å²) < 4.78 is 1.15. The first-order valence-electron chi connectivity index (χ1n) is 7.33. The second kappa shape index (κ2) is 5.49. The van der Waals surface area contributed by atoms with E-state index in [-0.39, 0.29) is 0 Å². The second-order valence-corrected chi connectivity index (χ2v) is 8.57. The summed E-state index contributed by atoms with van der Waals surface area (Å²) in [5.74, 6) is 0. The molecule has 1 aliphatic rings. The van der Waals surface area contributed by atoms with E-state index in [9.17, 15) is 0 Å². The van der Waals surface area contributed by atoms with Crippen LogP contribution >= 0.6 is 27.3 Å². The zero-order valence-corrected chi connectivity index (χ0v) is 15.4. The Morgan fingerprint density at radius 2 is 2.14 bits per heavy atom. The maximum atomic E-state index is 4.94. The number of hydrogen-bond acceptors (Lipinski definition) is 3. The lowest BCUT2D eigenvalue weighted by Gasteiger charge is -2.34. The number of hydrogen-bond donors (Lipinski definition) is 1. The normalized spacial score (nSPS) is 20.3. The molecule has 3 rings (SSSR count). The highest BCUT2D eigenvalue weighted by molar-refractivity contribution is 9.10. The maximum Gasteiger partial charge on any atom is 0.123 e. The molecule has 1 aliphatic carbocycles. The molecule has 1 aromatic carbocycles. The van der Waals surface area contributed by atoms with Gasteiger partial charge in [-0.15, -0.1) is 11.3 Å². The van der Waals surface area contributed by atoms with Crippen molar-refractivity contribution in [2.75, 3.05) is 7.05 Å². The van der Waals surface area contributed by atoms with Crippen LogP contribution in [0.2, 0.25) is 0 Å². The van der Waals surface area contributed by atoms with Gasteiger partial charge in [0.05, 0.1) is 5.69 Å². The van der Waals surface area contributed by atoms with Crippen molar-refractivity contribution in [1.29, 1.82) is 0 Å². The number of aromatic nitrogens is 1. The molecule has 1 unspecified atom stereocenters. The van der Waals surface area contributed by atoms with Crippen LogP contribution in [0, 0.1) is 12.3 Å². The SMILES string of the molecule is CNC1CC(C)(C)Cc2nc(-c3ccc(C)c(Br)c3)sc21. The van der Waals surface area contributed by atoms with Crippen LogP contribution in [-0.4, -0.2) is 12.0 Å². The summed E-state index contributed by atoms with van der Waals surface area (Å²) in [7, 11) is 2.05. The van der Waals surface area contributed by atoms with Crippen molar-refractivity contribution >= 4 is 27.3 Å². The first-order valence-corrected chi connectivity index (χ1v) is 8.94. The highest BCUT2D eigenvalue weighted by Crippen LogP contribution is 2.44. The number of thiazole rings is 1. The summed E-state index contributed by atoms with van der Waals surface area (Å²) in [4.78, 5) is 6.36. The number of fused-ring (bicyclic) bond motifs is 1. The summed E-state index contributed by atoms with van der Waals surface area (Å²) in [5, 5.41) is 4.60. The highest BCUT2D eigenvalue weighted by Gasteiger charge is 2.34. The van der Waals surface area contributed by atoms with Crippen molar-refractivity contribution in [3.63, 3.8) is 0 Å². The first-order chi connectivity index (χ1) is 9.89. The predicted molar refractivity (Wildman–Crippen MR) is 93.9 cm³/mol. The van der Waals surface area contributed by atoms with Crippen molar-refractivity contribution in [2.45, 2.75) is 39.7 Å². The van der Waals surface area contributed by atoms with E-state index in [4.69, 9.17) is 4.98 Å². The van der Waals surface area contributed by atoms with Gasteiger partial charge in [0, 0.05) is 21.0 Å². The van der Waals surface area contributed by atoms with Crippen LogP contribution in [0.5, 0.6) is 0 Å². The van der Waals surface area contributed by atoms with Crippen LogP contribution in [0.4, 0.5) is 0 Å². The lowest BCUT2D eigenvalue weighted by Crippen LogP contribution is -2.30. The number of halogens is 1. The molecule has 1 heterocycles. The molecule has 0 aliphatic heterocycles. The summed E-state index contributed by atoms with van der Waals surface area (Å²) in [6.07, 6.45) is 2.25. The second-order valence-electron chi connectivity index (χ2n) is 6.68. The van der Waals surface area contributed by atoms with E-state index in [0.717, 1.165) is 15.9 Å². The van der Waals surface area contributed by atoms with Crippen LogP contribution < -0.4 is 5.32 Å². The molecule has 0 bridgehead atoms. The van der Waals surface area contributed by atoms with Crippen LogP contribution in [0.15, 0.2) is 22.7 Å². The summed E-state index contributed by atoms with van der Waals surface area (Å²) in [5.41, 5.74) is 4.07. The molecule has 1 atom stereocenters. The zero-order valence-electron chi connectivity index (χ0n) is 13.0. The lowest BCUT2D eigenvalue weighted by molar-refractivity contribution is 0.265. The Hall–Kier alpha value is -0.710. The van der Waals surface area contributed by atoms with Gasteiger partial charge in [0.15, 0.2) is 0 Å². The number of nitrogens with zero attached hydrogens (tertiary/aromatic N) is 1. The third kappa shape index (κ3) is 2.94. The molecule has 0 saturated heterocycles. The lowest BCUT2D eigenvalue weighted by atomic mass is 9.76. The van der Waals surface area contributed by atoms with E-state index in [1.165, 1.54) is 28.1 Å². The van der Waals surface area contributed by atoms with E-state index >= 15 is 0 Å². The molecule has 0 amide bonds. The molecule has 0 spiro atoms. The topological polar surface area (TPSA) is 24.9 Å². The zero-order chi connectivity index (χ0) is 15.2. The van der Waals surface area contributed by atoms with Gasteiger partial charge in [-0.25, -0.2) is 4.98 Å². The smallest absolute Gasteiger partial charge is 0.123 e. The number of nitrogens with one attached hydrogen (secondary N) is 1. The van der Waals surface area contributed by atoms with Crippen molar-refractivity contribution in [3.8, 4) is 10.6 Å². The Balaban J connectivity index is 2.04. The van der Waals surface area contributed by atoms with E-state index in [1.807, 2.05) is 11.3 Å².